The molecule has 0 bridgehead atoms. The molecule has 0 saturated carbocycles. The molecule has 0 amide bonds. The third-order valence-electron chi connectivity index (χ3n) is 1.64. The van der Waals surface area contributed by atoms with Crippen molar-refractivity contribution in [3.63, 3.8) is 0 Å². The number of benzene rings is 1. The van der Waals surface area contributed by atoms with Crippen LogP contribution in [0.3, 0.4) is 0 Å². The molecule has 0 unspecified atom stereocenters. The van der Waals surface area contributed by atoms with Crippen LogP contribution in [0.4, 0.5) is 17.3 Å². The molecule has 2 N–H and O–H groups in total. The van der Waals surface area contributed by atoms with Gasteiger partial charge in [0.1, 0.15) is 5.82 Å². The van der Waals surface area contributed by atoms with Gasteiger partial charge >= 0.3 is 6.98 Å². The van der Waals surface area contributed by atoms with Gasteiger partial charge in [-0.1, -0.05) is 17.6 Å². The maximum atomic E-state index is 12.9. The van der Waals surface area contributed by atoms with Crippen LogP contribution in [0.1, 0.15) is 5.56 Å². The first-order chi connectivity index (χ1) is 6.46. The van der Waals surface area contributed by atoms with Gasteiger partial charge in [-0.2, -0.15) is 5.10 Å². The predicted molar refractivity (Wildman–Crippen MR) is 46.9 cm³/mol. The number of hydrogen-bond acceptors (Lipinski definition) is 2. The predicted octanol–water partition coefficient (Wildman–Crippen LogP) is 1.17. The Hall–Kier alpha value is -1.53. The molecule has 1 aromatic carbocycles. The van der Waals surface area contributed by atoms with Crippen molar-refractivity contribution >= 4 is 18.7 Å². The van der Waals surface area contributed by atoms with Crippen molar-refractivity contribution in [1.29, 1.82) is 0 Å². The fourth-order valence-electron chi connectivity index (χ4n) is 1.05. The van der Waals surface area contributed by atoms with Gasteiger partial charge in [0.2, 0.25) is 0 Å². The molecule has 0 aliphatic rings. The average Bonchev–Trinajstić information content (AvgIpc) is 2.07. The highest BCUT2D eigenvalue weighted by molar-refractivity contribution is 6.74. The van der Waals surface area contributed by atoms with E-state index in [4.69, 9.17) is 0 Å². The van der Waals surface area contributed by atoms with Gasteiger partial charge in [-0.3, -0.25) is 0 Å². The minimum Gasteiger partial charge on any atom is -0.445 e. The van der Waals surface area contributed by atoms with E-state index in [1.807, 2.05) is 0 Å². The van der Waals surface area contributed by atoms with Crippen LogP contribution in [-0.4, -0.2) is 13.2 Å². The largest absolute Gasteiger partial charge is 0.510 e. The first-order valence-corrected chi connectivity index (χ1v) is 3.68. The molecule has 7 heteroatoms. The highest BCUT2D eigenvalue weighted by atomic mass is 19.4. The number of hydrogen-bond donors (Lipinski definition) is 1. The Morgan fingerprint density at radius 1 is 1.29 bits per heavy atom. The van der Waals surface area contributed by atoms with Gasteiger partial charge in [-0.05, 0) is 6.07 Å². The minimum absolute atomic E-state index is 0.623. The van der Waals surface area contributed by atoms with E-state index >= 15 is 0 Å². The summed E-state index contributed by atoms with van der Waals surface area (Å²) in [6.07, 6.45) is 0.653. The normalized spacial score (nSPS) is 12.3. The highest BCUT2D eigenvalue weighted by Gasteiger charge is 2.28. The van der Waals surface area contributed by atoms with Gasteiger partial charge in [0.05, 0.1) is 6.21 Å². The van der Waals surface area contributed by atoms with E-state index in [9.17, 15) is 17.3 Å². The van der Waals surface area contributed by atoms with Gasteiger partial charge in [0.15, 0.2) is 0 Å². The fourth-order valence-corrected chi connectivity index (χ4v) is 1.05. The van der Waals surface area contributed by atoms with E-state index < -0.39 is 23.8 Å². The van der Waals surface area contributed by atoms with Crippen LogP contribution in [0.15, 0.2) is 23.3 Å². The second-order valence-electron chi connectivity index (χ2n) is 2.60. The van der Waals surface area contributed by atoms with E-state index in [1.54, 1.807) is 0 Å². The van der Waals surface area contributed by atoms with Crippen LogP contribution < -0.4 is 11.3 Å². The molecule has 1 aromatic rings. The SMILES string of the molecule is NN=Cc1c(F)cccc1[B-](F)(F)F. The monoisotopic (exact) mass is 205 g/mol. The molecule has 14 heavy (non-hydrogen) atoms. The van der Waals surface area contributed by atoms with Crippen LogP contribution in [0.5, 0.6) is 0 Å². The second kappa shape index (κ2) is 3.69. The summed E-state index contributed by atoms with van der Waals surface area (Å²) in [5, 5.41) is 2.89. The van der Waals surface area contributed by atoms with Crippen LogP contribution in [-0.2, 0) is 0 Å². The molecule has 0 fully saturated rings. The van der Waals surface area contributed by atoms with Crippen molar-refractivity contribution in [3.05, 3.63) is 29.6 Å². The van der Waals surface area contributed by atoms with Crippen molar-refractivity contribution in [3.8, 4) is 0 Å². The quantitative estimate of drug-likeness (QED) is 0.254. The van der Waals surface area contributed by atoms with Crippen LogP contribution in [0.25, 0.3) is 0 Å². The Balaban J connectivity index is 3.36. The summed E-state index contributed by atoms with van der Waals surface area (Å²) in [7, 11) is 0. The summed E-state index contributed by atoms with van der Waals surface area (Å²) < 4.78 is 50.0. The number of nitrogens with two attached hydrogens (primary N) is 1. The molecular weight excluding hydrogens is 199 g/mol. The standard InChI is InChI=1S/C7H6BF4N2/c9-7-3-1-2-6(8(10,11)12)5(7)4-14-13/h1-4H,13H2/q-1. The van der Waals surface area contributed by atoms with E-state index in [0.717, 1.165) is 18.2 Å². The molecule has 0 saturated heterocycles. The number of nitrogens with zero attached hydrogens (tertiary/aromatic N) is 1. The highest BCUT2D eigenvalue weighted by Crippen LogP contribution is 2.13. The summed E-state index contributed by atoms with van der Waals surface area (Å²) >= 11 is 0. The Bertz CT molecular complexity index is 361. The lowest BCUT2D eigenvalue weighted by Crippen LogP contribution is -2.37. The molecule has 0 radical (unpaired) electrons. The maximum Gasteiger partial charge on any atom is 0.510 e. The van der Waals surface area contributed by atoms with Crippen molar-refractivity contribution in [1.82, 2.24) is 0 Å². The Kier molecular flexibility index (Phi) is 2.78. The first-order valence-electron chi connectivity index (χ1n) is 3.68. The van der Waals surface area contributed by atoms with Gasteiger partial charge in [0, 0.05) is 5.56 Å². The Labute approximate surface area is 77.5 Å². The zero-order chi connectivity index (χ0) is 10.8. The van der Waals surface area contributed by atoms with Crippen LogP contribution >= 0.6 is 0 Å². The number of hydrazone groups is 1. The first kappa shape index (κ1) is 10.6. The molecule has 0 aliphatic heterocycles. The fraction of sp³-hybridized carbons (Fsp3) is 0. The lowest BCUT2D eigenvalue weighted by atomic mass is 9.77. The maximum absolute atomic E-state index is 12.9. The van der Waals surface area contributed by atoms with Crippen molar-refractivity contribution in [2.45, 2.75) is 0 Å². The Morgan fingerprint density at radius 2 is 1.93 bits per heavy atom. The van der Waals surface area contributed by atoms with Gasteiger partial charge < -0.3 is 18.8 Å². The van der Waals surface area contributed by atoms with Gasteiger partial charge in [-0.15, -0.1) is 0 Å². The van der Waals surface area contributed by atoms with Crippen molar-refractivity contribution in [2.24, 2.45) is 10.9 Å². The lowest BCUT2D eigenvalue weighted by Gasteiger charge is -2.17. The summed E-state index contributed by atoms with van der Waals surface area (Å²) in [6.45, 7) is -5.25. The van der Waals surface area contributed by atoms with E-state index in [0.29, 0.717) is 6.21 Å². The molecular formula is C7H6BF4N2-. The number of rotatable bonds is 2. The third-order valence-corrected chi connectivity index (χ3v) is 1.64. The number of halogens is 4. The molecule has 1 rings (SSSR count). The topological polar surface area (TPSA) is 38.4 Å². The second-order valence-corrected chi connectivity index (χ2v) is 2.60. The minimum atomic E-state index is -5.25. The molecule has 0 aromatic heterocycles. The van der Waals surface area contributed by atoms with Gasteiger partial charge in [-0.25, -0.2) is 4.39 Å². The molecule has 0 heterocycles. The molecule has 2 nitrogen and oxygen atoms in total. The smallest absolute Gasteiger partial charge is 0.445 e. The molecule has 0 atom stereocenters. The zero-order valence-corrected chi connectivity index (χ0v) is 6.92. The van der Waals surface area contributed by atoms with E-state index in [1.165, 1.54) is 0 Å². The third kappa shape index (κ3) is 2.04. The average molecular weight is 205 g/mol. The van der Waals surface area contributed by atoms with Crippen LogP contribution in [0, 0.1) is 5.82 Å². The van der Waals surface area contributed by atoms with E-state index in [-0.39, 0.29) is 0 Å². The van der Waals surface area contributed by atoms with Crippen molar-refractivity contribution in [2.75, 3.05) is 0 Å². The molecule has 0 aliphatic carbocycles. The summed E-state index contributed by atoms with van der Waals surface area (Å²) in [4.78, 5) is 0. The summed E-state index contributed by atoms with van der Waals surface area (Å²) in [5.74, 6) is 3.69. The summed E-state index contributed by atoms with van der Waals surface area (Å²) in [5.41, 5.74) is -1.65. The van der Waals surface area contributed by atoms with Crippen LogP contribution in [0.2, 0.25) is 0 Å². The summed E-state index contributed by atoms with van der Waals surface area (Å²) in [6, 6.07) is 2.70. The van der Waals surface area contributed by atoms with Gasteiger partial charge in [0.25, 0.3) is 0 Å². The molecule has 0 spiro atoms. The molecule has 76 valence electrons. The van der Waals surface area contributed by atoms with E-state index in [2.05, 4.69) is 10.9 Å². The zero-order valence-electron chi connectivity index (χ0n) is 6.92. The lowest BCUT2D eigenvalue weighted by molar-refractivity contribution is 0.500. The van der Waals surface area contributed by atoms with Crippen molar-refractivity contribution < 1.29 is 17.3 Å². The Morgan fingerprint density at radius 3 is 2.43 bits per heavy atom.